The summed E-state index contributed by atoms with van der Waals surface area (Å²) >= 11 is 0. The fourth-order valence-corrected chi connectivity index (χ4v) is 3.11. The first-order valence-corrected chi connectivity index (χ1v) is 7.19. The minimum absolute atomic E-state index is 0.288. The van der Waals surface area contributed by atoms with Gasteiger partial charge in [-0.3, -0.25) is 0 Å². The van der Waals surface area contributed by atoms with Crippen molar-refractivity contribution in [2.24, 2.45) is 0 Å². The minimum atomic E-state index is -0.288. The summed E-state index contributed by atoms with van der Waals surface area (Å²) in [6, 6.07) is 10.3. The summed E-state index contributed by atoms with van der Waals surface area (Å²) in [5.74, 6) is 0.890. The van der Waals surface area contributed by atoms with Gasteiger partial charge in [0.1, 0.15) is 5.75 Å². The maximum absolute atomic E-state index is 10.1. The number of rotatable bonds is 3. The predicted octanol–water partition coefficient (Wildman–Crippen LogP) is 3.22. The van der Waals surface area contributed by atoms with Gasteiger partial charge in [-0.2, -0.15) is 0 Å². The van der Waals surface area contributed by atoms with Crippen LogP contribution in [0.25, 0.3) is 0 Å². The Morgan fingerprint density at radius 3 is 3.00 bits per heavy atom. The first-order valence-electron chi connectivity index (χ1n) is 7.19. The van der Waals surface area contributed by atoms with Crippen molar-refractivity contribution >= 4 is 0 Å². The maximum atomic E-state index is 10.1. The third kappa shape index (κ3) is 2.34. The Balaban J connectivity index is 1.94. The van der Waals surface area contributed by atoms with Crippen LogP contribution in [0.15, 0.2) is 30.3 Å². The summed E-state index contributed by atoms with van der Waals surface area (Å²) in [5.41, 5.74) is 4.87. The Hall–Kier alpha value is -1.74. The molecular weight excluding hydrogens is 250 g/mol. The lowest BCUT2D eigenvalue weighted by molar-refractivity contribution is 0.156. The molecule has 3 nitrogen and oxygen atoms in total. The second kappa shape index (κ2) is 5.33. The number of aromatic nitrogens is 1. The van der Waals surface area contributed by atoms with Crippen molar-refractivity contribution in [3.05, 3.63) is 52.8 Å². The Morgan fingerprint density at radius 1 is 1.35 bits per heavy atom. The molecule has 0 aliphatic heterocycles. The van der Waals surface area contributed by atoms with Crippen LogP contribution < -0.4 is 4.74 Å². The van der Waals surface area contributed by atoms with Crippen molar-refractivity contribution < 1.29 is 9.84 Å². The molecule has 0 amide bonds. The number of aliphatic hydroxyl groups is 1. The zero-order chi connectivity index (χ0) is 14.1. The monoisotopic (exact) mass is 271 g/mol. The van der Waals surface area contributed by atoms with E-state index >= 15 is 0 Å². The van der Waals surface area contributed by atoms with Crippen LogP contribution in [-0.2, 0) is 13.0 Å². The van der Waals surface area contributed by atoms with Gasteiger partial charge < -0.3 is 14.4 Å². The van der Waals surface area contributed by atoms with Crippen LogP contribution in [0.2, 0.25) is 0 Å². The Bertz CT molecular complexity index is 615. The molecule has 1 atom stereocenters. The summed E-state index contributed by atoms with van der Waals surface area (Å²) in [6.07, 6.45) is 2.72. The summed E-state index contributed by atoms with van der Waals surface area (Å²) in [5, 5.41) is 10.1. The second-order valence-corrected chi connectivity index (χ2v) is 5.53. The Kier molecular flexibility index (Phi) is 3.53. The highest BCUT2D eigenvalue weighted by molar-refractivity contribution is 5.34. The van der Waals surface area contributed by atoms with E-state index in [2.05, 4.69) is 29.7 Å². The standard InChI is InChI=1S/C17H21NO2/c1-12-9-15-16(7-4-8-17(15)19)18(12)11-13-5-3-6-14(10-13)20-2/h3,5-6,9-10,17,19H,4,7-8,11H2,1-2H3. The lowest BCUT2D eigenvalue weighted by atomic mass is 9.95. The maximum Gasteiger partial charge on any atom is 0.119 e. The van der Waals surface area contributed by atoms with Crippen LogP contribution in [0, 0.1) is 6.92 Å². The van der Waals surface area contributed by atoms with Crippen molar-refractivity contribution in [3.63, 3.8) is 0 Å². The van der Waals surface area contributed by atoms with E-state index in [0.29, 0.717) is 0 Å². The molecule has 3 rings (SSSR count). The predicted molar refractivity (Wildman–Crippen MR) is 79.2 cm³/mol. The second-order valence-electron chi connectivity index (χ2n) is 5.53. The summed E-state index contributed by atoms with van der Waals surface area (Å²) in [6.45, 7) is 2.95. The van der Waals surface area contributed by atoms with Gasteiger partial charge in [-0.25, -0.2) is 0 Å². The molecule has 0 saturated heterocycles. The molecule has 1 aliphatic carbocycles. The van der Waals surface area contributed by atoms with E-state index in [0.717, 1.165) is 37.1 Å². The molecule has 20 heavy (non-hydrogen) atoms. The van der Waals surface area contributed by atoms with Crippen LogP contribution >= 0.6 is 0 Å². The molecule has 1 aliphatic rings. The SMILES string of the molecule is COc1cccc(Cn2c(C)cc3c2CCCC3O)c1. The van der Waals surface area contributed by atoms with Crippen molar-refractivity contribution in [3.8, 4) is 5.75 Å². The van der Waals surface area contributed by atoms with Gasteiger partial charge in [0.05, 0.1) is 13.2 Å². The number of benzene rings is 1. The van der Waals surface area contributed by atoms with Crippen molar-refractivity contribution in [2.45, 2.75) is 38.8 Å². The van der Waals surface area contributed by atoms with Gasteiger partial charge in [-0.15, -0.1) is 0 Å². The lowest BCUT2D eigenvalue weighted by Gasteiger charge is -2.20. The fraction of sp³-hybridized carbons (Fsp3) is 0.412. The van der Waals surface area contributed by atoms with Gasteiger partial charge >= 0.3 is 0 Å². The highest BCUT2D eigenvalue weighted by atomic mass is 16.5. The van der Waals surface area contributed by atoms with E-state index in [9.17, 15) is 5.11 Å². The average Bonchev–Trinajstić information content (AvgIpc) is 2.78. The molecule has 0 spiro atoms. The van der Waals surface area contributed by atoms with Crippen molar-refractivity contribution in [1.82, 2.24) is 4.57 Å². The molecule has 106 valence electrons. The van der Waals surface area contributed by atoms with Crippen LogP contribution in [0.3, 0.4) is 0 Å². The molecule has 0 fully saturated rings. The molecule has 3 heteroatoms. The minimum Gasteiger partial charge on any atom is -0.497 e. The number of hydrogen-bond acceptors (Lipinski definition) is 2. The summed E-state index contributed by atoms with van der Waals surface area (Å²) < 4.78 is 7.61. The topological polar surface area (TPSA) is 34.4 Å². The Morgan fingerprint density at radius 2 is 2.20 bits per heavy atom. The van der Waals surface area contributed by atoms with E-state index in [1.54, 1.807) is 7.11 Å². The Labute approximate surface area is 119 Å². The molecule has 0 saturated carbocycles. The number of nitrogens with zero attached hydrogens (tertiary/aromatic N) is 1. The number of fused-ring (bicyclic) bond motifs is 1. The van der Waals surface area contributed by atoms with Gasteiger partial charge in [0.15, 0.2) is 0 Å². The molecule has 0 bridgehead atoms. The zero-order valence-electron chi connectivity index (χ0n) is 12.1. The molecule has 1 heterocycles. The normalized spacial score (nSPS) is 17.9. The van der Waals surface area contributed by atoms with Gasteiger partial charge in [-0.05, 0) is 49.9 Å². The number of aryl methyl sites for hydroxylation is 1. The smallest absolute Gasteiger partial charge is 0.119 e. The quantitative estimate of drug-likeness (QED) is 0.930. The number of hydrogen-bond donors (Lipinski definition) is 1. The molecular formula is C17H21NO2. The van der Waals surface area contributed by atoms with Gasteiger partial charge in [0.25, 0.3) is 0 Å². The third-order valence-electron chi connectivity index (χ3n) is 4.17. The van der Waals surface area contributed by atoms with Crippen molar-refractivity contribution in [2.75, 3.05) is 7.11 Å². The van der Waals surface area contributed by atoms with E-state index in [1.165, 1.54) is 17.0 Å². The van der Waals surface area contributed by atoms with Crippen LogP contribution in [0.1, 0.15) is 41.5 Å². The van der Waals surface area contributed by atoms with E-state index in [1.807, 2.05) is 12.1 Å². The van der Waals surface area contributed by atoms with Gasteiger partial charge in [0, 0.05) is 23.5 Å². The van der Waals surface area contributed by atoms with Crippen LogP contribution in [0.4, 0.5) is 0 Å². The molecule has 1 aromatic carbocycles. The first kappa shape index (κ1) is 13.3. The molecule has 2 aromatic rings. The highest BCUT2D eigenvalue weighted by Gasteiger charge is 2.22. The molecule has 1 aromatic heterocycles. The zero-order valence-corrected chi connectivity index (χ0v) is 12.1. The average molecular weight is 271 g/mol. The first-order chi connectivity index (χ1) is 9.69. The van der Waals surface area contributed by atoms with E-state index in [4.69, 9.17) is 4.74 Å². The van der Waals surface area contributed by atoms with Gasteiger partial charge in [-0.1, -0.05) is 12.1 Å². The largest absolute Gasteiger partial charge is 0.497 e. The summed E-state index contributed by atoms with van der Waals surface area (Å²) in [7, 11) is 1.69. The molecule has 1 N–H and O–H groups in total. The number of methoxy groups -OCH3 is 1. The van der Waals surface area contributed by atoms with Gasteiger partial charge in [0.2, 0.25) is 0 Å². The van der Waals surface area contributed by atoms with E-state index < -0.39 is 0 Å². The lowest BCUT2D eigenvalue weighted by Crippen LogP contribution is -2.13. The summed E-state index contributed by atoms with van der Waals surface area (Å²) in [4.78, 5) is 0. The third-order valence-corrected chi connectivity index (χ3v) is 4.17. The van der Waals surface area contributed by atoms with Crippen molar-refractivity contribution in [1.29, 1.82) is 0 Å². The molecule has 1 unspecified atom stereocenters. The van der Waals surface area contributed by atoms with E-state index in [-0.39, 0.29) is 6.10 Å². The highest BCUT2D eigenvalue weighted by Crippen LogP contribution is 2.32. The van der Waals surface area contributed by atoms with Crippen LogP contribution in [0.5, 0.6) is 5.75 Å². The number of ether oxygens (including phenoxy) is 1. The van der Waals surface area contributed by atoms with Crippen LogP contribution in [-0.4, -0.2) is 16.8 Å². The molecule has 0 radical (unpaired) electrons. The number of aliphatic hydroxyl groups excluding tert-OH is 1. The fourth-order valence-electron chi connectivity index (χ4n) is 3.11.